The molecule has 0 unspecified atom stereocenters. The first-order chi connectivity index (χ1) is 13.3. The highest BCUT2D eigenvalue weighted by Crippen LogP contribution is 2.22. The average Bonchev–Trinajstić information content (AvgIpc) is 3.14. The first kappa shape index (κ1) is 19.4. The summed E-state index contributed by atoms with van der Waals surface area (Å²) in [5.41, 5.74) is 4.66. The van der Waals surface area contributed by atoms with Crippen LogP contribution >= 0.6 is 0 Å². The molecule has 0 radical (unpaired) electrons. The highest BCUT2D eigenvalue weighted by atomic mass is 16.2. The molecule has 28 heavy (non-hydrogen) atoms. The molecule has 6 heteroatoms. The Morgan fingerprint density at radius 2 is 1.75 bits per heavy atom. The van der Waals surface area contributed by atoms with Gasteiger partial charge in [0.25, 0.3) is 5.91 Å². The number of aromatic nitrogens is 2. The van der Waals surface area contributed by atoms with Gasteiger partial charge in [-0.1, -0.05) is 38.1 Å². The number of carbonyl (C=O) groups excluding carboxylic acids is 2. The molecular formula is C22H24N4O2. The smallest absolute Gasteiger partial charge is 0.258 e. The number of hydrogen-bond acceptors (Lipinski definition) is 3. The van der Waals surface area contributed by atoms with Crippen LogP contribution in [0.4, 0.5) is 11.4 Å². The first-order valence-corrected chi connectivity index (χ1v) is 9.18. The standard InChI is InChI=1S/C22H24N4O2/c1-14(2)21(27)24-18-10-9-15(3)19(11-18)25-22(28)17-12-23-26(13-17)20-8-6-5-7-16(20)4/h5-14H,1-4H3,(H,24,27)(H,25,28). The SMILES string of the molecule is Cc1ccc(NC(=O)C(C)C)cc1NC(=O)c1cnn(-c2ccccc2C)c1. The molecule has 1 heterocycles. The van der Waals surface area contributed by atoms with Crippen molar-refractivity contribution in [3.63, 3.8) is 0 Å². The van der Waals surface area contributed by atoms with Gasteiger partial charge in [-0.05, 0) is 43.2 Å². The largest absolute Gasteiger partial charge is 0.326 e. The second-order valence-electron chi connectivity index (χ2n) is 7.09. The lowest BCUT2D eigenvalue weighted by Crippen LogP contribution is -2.18. The van der Waals surface area contributed by atoms with Crippen molar-refractivity contribution >= 4 is 23.2 Å². The predicted molar refractivity (Wildman–Crippen MR) is 111 cm³/mol. The minimum atomic E-state index is -0.254. The zero-order chi connectivity index (χ0) is 20.3. The Morgan fingerprint density at radius 3 is 2.46 bits per heavy atom. The maximum Gasteiger partial charge on any atom is 0.258 e. The van der Waals surface area contributed by atoms with Gasteiger partial charge in [0, 0.05) is 23.5 Å². The lowest BCUT2D eigenvalue weighted by atomic mass is 10.1. The van der Waals surface area contributed by atoms with Gasteiger partial charge in [0.1, 0.15) is 0 Å². The van der Waals surface area contributed by atoms with E-state index in [-0.39, 0.29) is 17.7 Å². The highest BCUT2D eigenvalue weighted by Gasteiger charge is 2.13. The first-order valence-electron chi connectivity index (χ1n) is 9.18. The van der Waals surface area contributed by atoms with Crippen molar-refractivity contribution in [1.82, 2.24) is 9.78 Å². The third kappa shape index (κ3) is 4.28. The fraction of sp³-hybridized carbons (Fsp3) is 0.227. The summed E-state index contributed by atoms with van der Waals surface area (Å²) in [6.45, 7) is 7.56. The molecule has 0 aliphatic rings. The van der Waals surface area contributed by atoms with E-state index in [2.05, 4.69) is 15.7 Å². The van der Waals surface area contributed by atoms with Crippen LogP contribution in [0, 0.1) is 19.8 Å². The summed E-state index contributed by atoms with van der Waals surface area (Å²) in [4.78, 5) is 24.6. The molecule has 2 amide bonds. The van der Waals surface area contributed by atoms with E-state index in [1.165, 1.54) is 0 Å². The maximum atomic E-state index is 12.7. The Bertz CT molecular complexity index is 1020. The molecular weight excluding hydrogens is 352 g/mol. The Kier molecular flexibility index (Phi) is 5.59. The molecule has 2 aromatic carbocycles. The van der Waals surface area contributed by atoms with Crippen LogP contribution in [0.1, 0.15) is 35.3 Å². The third-order valence-electron chi connectivity index (χ3n) is 4.48. The van der Waals surface area contributed by atoms with Crippen molar-refractivity contribution in [2.24, 2.45) is 5.92 Å². The summed E-state index contributed by atoms with van der Waals surface area (Å²) in [5, 5.41) is 10.1. The molecule has 6 nitrogen and oxygen atoms in total. The minimum absolute atomic E-state index is 0.0689. The zero-order valence-corrected chi connectivity index (χ0v) is 16.5. The summed E-state index contributed by atoms with van der Waals surface area (Å²) in [6.07, 6.45) is 3.25. The number of rotatable bonds is 5. The number of amides is 2. The van der Waals surface area contributed by atoms with E-state index < -0.39 is 0 Å². The van der Waals surface area contributed by atoms with Gasteiger partial charge in [0.15, 0.2) is 0 Å². The summed E-state index contributed by atoms with van der Waals surface area (Å²) in [6, 6.07) is 13.3. The van der Waals surface area contributed by atoms with Gasteiger partial charge >= 0.3 is 0 Å². The molecule has 0 spiro atoms. The van der Waals surface area contributed by atoms with Crippen LogP contribution in [-0.2, 0) is 4.79 Å². The van der Waals surface area contributed by atoms with Gasteiger partial charge in [-0.25, -0.2) is 4.68 Å². The predicted octanol–water partition coefficient (Wildman–Crippen LogP) is 4.34. The van der Waals surface area contributed by atoms with Crippen molar-refractivity contribution in [3.05, 3.63) is 71.5 Å². The van der Waals surface area contributed by atoms with E-state index in [9.17, 15) is 9.59 Å². The van der Waals surface area contributed by atoms with Crippen molar-refractivity contribution in [2.45, 2.75) is 27.7 Å². The van der Waals surface area contributed by atoms with E-state index in [1.54, 1.807) is 23.1 Å². The summed E-state index contributed by atoms with van der Waals surface area (Å²) in [5.74, 6) is -0.442. The van der Waals surface area contributed by atoms with Gasteiger partial charge in [-0.2, -0.15) is 5.10 Å². The van der Waals surface area contributed by atoms with E-state index in [4.69, 9.17) is 0 Å². The van der Waals surface area contributed by atoms with Crippen LogP contribution in [0.25, 0.3) is 5.69 Å². The molecule has 3 rings (SSSR count). The van der Waals surface area contributed by atoms with Gasteiger partial charge in [-0.15, -0.1) is 0 Å². The van der Waals surface area contributed by atoms with Crippen molar-refractivity contribution in [3.8, 4) is 5.69 Å². The molecule has 0 aliphatic heterocycles. The highest BCUT2D eigenvalue weighted by molar-refractivity contribution is 6.05. The van der Waals surface area contributed by atoms with Crippen LogP contribution in [-0.4, -0.2) is 21.6 Å². The van der Waals surface area contributed by atoms with Crippen LogP contribution in [0.15, 0.2) is 54.9 Å². The molecule has 0 saturated carbocycles. The van der Waals surface area contributed by atoms with Crippen molar-refractivity contribution in [1.29, 1.82) is 0 Å². The van der Waals surface area contributed by atoms with Crippen LogP contribution in [0.5, 0.6) is 0 Å². The van der Waals surface area contributed by atoms with E-state index >= 15 is 0 Å². The molecule has 2 N–H and O–H groups in total. The number of nitrogens with zero attached hydrogens (tertiary/aromatic N) is 2. The van der Waals surface area contributed by atoms with Gasteiger partial charge in [0.05, 0.1) is 17.4 Å². The second kappa shape index (κ2) is 8.08. The quantitative estimate of drug-likeness (QED) is 0.696. The fourth-order valence-electron chi connectivity index (χ4n) is 2.71. The number of nitrogens with one attached hydrogen (secondary N) is 2. The molecule has 0 saturated heterocycles. The average molecular weight is 376 g/mol. The summed E-state index contributed by atoms with van der Waals surface area (Å²) in [7, 11) is 0. The normalized spacial score (nSPS) is 10.8. The molecule has 144 valence electrons. The van der Waals surface area contributed by atoms with Crippen LogP contribution in [0.3, 0.4) is 0 Å². The molecule has 0 atom stereocenters. The number of carbonyl (C=O) groups is 2. The molecule has 0 bridgehead atoms. The number of aryl methyl sites for hydroxylation is 2. The maximum absolute atomic E-state index is 12.7. The Morgan fingerprint density at radius 1 is 1.00 bits per heavy atom. The summed E-state index contributed by atoms with van der Waals surface area (Å²) < 4.78 is 1.69. The number of benzene rings is 2. The molecule has 3 aromatic rings. The monoisotopic (exact) mass is 376 g/mol. The lowest BCUT2D eigenvalue weighted by molar-refractivity contribution is -0.118. The zero-order valence-electron chi connectivity index (χ0n) is 16.5. The molecule has 0 fully saturated rings. The summed E-state index contributed by atoms with van der Waals surface area (Å²) >= 11 is 0. The Balaban J connectivity index is 1.78. The van der Waals surface area contributed by atoms with Crippen molar-refractivity contribution in [2.75, 3.05) is 10.6 Å². The van der Waals surface area contributed by atoms with E-state index in [0.717, 1.165) is 16.8 Å². The lowest BCUT2D eigenvalue weighted by Gasteiger charge is -2.12. The third-order valence-corrected chi connectivity index (χ3v) is 4.48. The molecule has 1 aromatic heterocycles. The number of para-hydroxylation sites is 1. The van der Waals surface area contributed by atoms with Gasteiger partial charge in [0.2, 0.25) is 5.91 Å². The topological polar surface area (TPSA) is 76.0 Å². The van der Waals surface area contributed by atoms with Crippen LogP contribution < -0.4 is 10.6 Å². The minimum Gasteiger partial charge on any atom is -0.326 e. The van der Waals surface area contributed by atoms with Gasteiger partial charge < -0.3 is 10.6 Å². The van der Waals surface area contributed by atoms with Gasteiger partial charge in [-0.3, -0.25) is 9.59 Å². The Hall–Kier alpha value is -3.41. The Labute approximate surface area is 164 Å². The second-order valence-corrected chi connectivity index (χ2v) is 7.09. The van der Waals surface area contributed by atoms with Crippen molar-refractivity contribution < 1.29 is 9.59 Å². The van der Waals surface area contributed by atoms with Crippen LogP contribution in [0.2, 0.25) is 0 Å². The number of anilines is 2. The number of hydrogen-bond donors (Lipinski definition) is 2. The van der Waals surface area contributed by atoms with E-state index in [1.807, 2.05) is 64.1 Å². The molecule has 0 aliphatic carbocycles. The van der Waals surface area contributed by atoms with E-state index in [0.29, 0.717) is 16.9 Å². The fourth-order valence-corrected chi connectivity index (χ4v) is 2.71.